The van der Waals surface area contributed by atoms with Gasteiger partial charge < -0.3 is 30.3 Å². The molecular weight excluding hydrogens is 503 g/mol. The number of rotatable bonds is 9. The Bertz CT molecular complexity index is 1310. The van der Waals surface area contributed by atoms with Gasteiger partial charge in [-0.1, -0.05) is 0 Å². The second kappa shape index (κ2) is 11.0. The summed E-state index contributed by atoms with van der Waals surface area (Å²) >= 11 is 1.08. The van der Waals surface area contributed by atoms with Gasteiger partial charge in [0.25, 0.3) is 5.91 Å². The SMILES string of the molecule is COC1CCC(Oc2cc(F)ccc2Nc2ncnc3sc(C(=O)N[C@@](C)(CO)C(=O)O)c(C)c23)CC1. The standard InChI is InChI=1S/C25H29FN4O6S/c1-13-19-21(27-12-28-23(19)37-20(13)22(32)30-25(2,11-31)24(33)34)29-17-9-4-14(26)10-18(17)36-16-7-5-15(35-3)6-8-16/h4,9-10,12,15-16,31H,5-8,11H2,1-3H3,(H,30,32)(H,33,34)(H,27,28,29)/t15?,16?,25-/m0/s1. The number of carboxylic acid groups (broad SMARTS) is 1. The van der Waals surface area contributed by atoms with E-state index in [4.69, 9.17) is 9.47 Å². The van der Waals surface area contributed by atoms with Gasteiger partial charge in [-0.05, 0) is 57.2 Å². The number of nitrogens with zero attached hydrogens (tertiary/aromatic N) is 2. The monoisotopic (exact) mass is 532 g/mol. The number of amides is 1. The van der Waals surface area contributed by atoms with E-state index in [1.807, 2.05) is 0 Å². The number of carbonyl (C=O) groups is 2. The molecule has 4 N–H and O–H groups in total. The number of carbonyl (C=O) groups excluding carboxylic acids is 1. The molecule has 1 aromatic carbocycles. The zero-order valence-corrected chi connectivity index (χ0v) is 21.5. The summed E-state index contributed by atoms with van der Waals surface area (Å²) in [5, 5.41) is 25.0. The summed E-state index contributed by atoms with van der Waals surface area (Å²) in [6.07, 6.45) is 4.77. The average Bonchev–Trinajstić information content (AvgIpc) is 3.23. The second-order valence-corrected chi connectivity index (χ2v) is 10.2. The van der Waals surface area contributed by atoms with Crippen LogP contribution in [0.5, 0.6) is 5.75 Å². The van der Waals surface area contributed by atoms with E-state index >= 15 is 0 Å². The smallest absolute Gasteiger partial charge is 0.331 e. The number of fused-ring (bicyclic) bond motifs is 1. The van der Waals surface area contributed by atoms with Crippen LogP contribution in [0.25, 0.3) is 10.2 Å². The van der Waals surface area contributed by atoms with Crippen LogP contribution in [0.15, 0.2) is 24.5 Å². The minimum absolute atomic E-state index is 0.0765. The van der Waals surface area contributed by atoms with Crippen molar-refractivity contribution in [2.45, 2.75) is 57.3 Å². The number of aliphatic hydroxyl groups excluding tert-OH is 1. The number of aryl methyl sites for hydroxylation is 1. The molecule has 0 saturated heterocycles. The molecule has 3 aromatic rings. The van der Waals surface area contributed by atoms with Crippen molar-refractivity contribution in [1.82, 2.24) is 15.3 Å². The highest BCUT2D eigenvalue weighted by Crippen LogP contribution is 2.37. The molecule has 2 aromatic heterocycles. The third-order valence-electron chi connectivity index (χ3n) is 6.56. The van der Waals surface area contributed by atoms with Gasteiger partial charge in [-0.3, -0.25) is 4.79 Å². The largest absolute Gasteiger partial charge is 0.488 e. The third kappa shape index (κ3) is 5.65. The van der Waals surface area contributed by atoms with E-state index in [-0.39, 0.29) is 17.1 Å². The topological polar surface area (TPSA) is 143 Å². The molecule has 198 valence electrons. The Morgan fingerprint density at radius 1 is 1.22 bits per heavy atom. The van der Waals surface area contributed by atoms with Crippen molar-refractivity contribution in [1.29, 1.82) is 0 Å². The summed E-state index contributed by atoms with van der Waals surface area (Å²) in [4.78, 5) is 33.8. The number of halogens is 1. The van der Waals surface area contributed by atoms with Gasteiger partial charge in [0.05, 0.1) is 34.8 Å². The fourth-order valence-corrected chi connectivity index (χ4v) is 5.28. The van der Waals surface area contributed by atoms with Gasteiger partial charge in [-0.15, -0.1) is 11.3 Å². The van der Waals surface area contributed by atoms with Gasteiger partial charge in [-0.2, -0.15) is 0 Å². The number of nitrogens with one attached hydrogen (secondary N) is 2. The number of anilines is 2. The van der Waals surface area contributed by atoms with E-state index < -0.39 is 29.8 Å². The van der Waals surface area contributed by atoms with Crippen molar-refractivity contribution < 1.29 is 33.7 Å². The molecule has 0 unspecified atom stereocenters. The molecule has 1 saturated carbocycles. The van der Waals surface area contributed by atoms with Gasteiger partial charge in [0.2, 0.25) is 0 Å². The number of aliphatic hydroxyl groups is 1. The summed E-state index contributed by atoms with van der Waals surface area (Å²) in [6, 6.07) is 4.20. The number of thiophene rings is 1. The van der Waals surface area contributed by atoms with Crippen LogP contribution < -0.4 is 15.4 Å². The normalized spacial score (nSPS) is 19.3. The molecular formula is C25H29FN4O6S. The Morgan fingerprint density at radius 3 is 2.57 bits per heavy atom. The van der Waals surface area contributed by atoms with Gasteiger partial charge in [0.1, 0.15) is 28.5 Å². The number of hydrogen-bond acceptors (Lipinski definition) is 9. The maximum atomic E-state index is 14.1. The van der Waals surface area contributed by atoms with Crippen molar-refractivity contribution in [3.8, 4) is 5.75 Å². The quantitative estimate of drug-likeness (QED) is 0.324. The predicted octanol–water partition coefficient (Wildman–Crippen LogP) is 3.78. The number of methoxy groups -OCH3 is 1. The Balaban J connectivity index is 1.62. The lowest BCUT2D eigenvalue weighted by Crippen LogP contribution is -2.54. The molecule has 2 heterocycles. The highest BCUT2D eigenvalue weighted by atomic mass is 32.1. The van der Waals surface area contributed by atoms with Crippen LogP contribution in [-0.2, 0) is 9.53 Å². The van der Waals surface area contributed by atoms with Gasteiger partial charge in [0, 0.05) is 13.2 Å². The molecule has 0 radical (unpaired) electrons. The summed E-state index contributed by atoms with van der Waals surface area (Å²) in [6.45, 7) is 2.15. The molecule has 1 amide bonds. The molecule has 1 atom stereocenters. The summed E-state index contributed by atoms with van der Waals surface area (Å²) in [5.41, 5.74) is -0.797. The number of benzene rings is 1. The summed E-state index contributed by atoms with van der Waals surface area (Å²) in [7, 11) is 1.70. The fourth-order valence-electron chi connectivity index (χ4n) is 4.24. The zero-order chi connectivity index (χ0) is 26.7. The van der Waals surface area contributed by atoms with E-state index in [9.17, 15) is 24.2 Å². The van der Waals surface area contributed by atoms with Crippen molar-refractivity contribution >= 4 is 44.9 Å². The van der Waals surface area contributed by atoms with Gasteiger partial charge in [-0.25, -0.2) is 19.2 Å². The summed E-state index contributed by atoms with van der Waals surface area (Å²) in [5.74, 6) is -1.71. The van der Waals surface area contributed by atoms with Crippen LogP contribution in [0.1, 0.15) is 47.8 Å². The van der Waals surface area contributed by atoms with Crippen LogP contribution in [0.2, 0.25) is 0 Å². The number of aliphatic carboxylic acids is 1. The number of aromatic nitrogens is 2. The molecule has 0 aliphatic heterocycles. The maximum Gasteiger partial charge on any atom is 0.331 e. The molecule has 1 aliphatic carbocycles. The molecule has 0 spiro atoms. The minimum atomic E-state index is -1.84. The molecule has 37 heavy (non-hydrogen) atoms. The summed E-state index contributed by atoms with van der Waals surface area (Å²) < 4.78 is 25.7. The average molecular weight is 533 g/mol. The molecule has 10 nitrogen and oxygen atoms in total. The first-order valence-corrected chi connectivity index (χ1v) is 12.6. The van der Waals surface area contributed by atoms with Crippen LogP contribution in [0.3, 0.4) is 0 Å². The second-order valence-electron chi connectivity index (χ2n) is 9.23. The predicted molar refractivity (Wildman–Crippen MR) is 136 cm³/mol. The van der Waals surface area contributed by atoms with Gasteiger partial charge in [0.15, 0.2) is 5.54 Å². The lowest BCUT2D eigenvalue weighted by molar-refractivity contribution is -0.145. The van der Waals surface area contributed by atoms with Crippen LogP contribution in [0, 0.1) is 12.7 Å². The maximum absolute atomic E-state index is 14.1. The Morgan fingerprint density at radius 2 is 1.92 bits per heavy atom. The Hall–Kier alpha value is -3.35. The van der Waals surface area contributed by atoms with Gasteiger partial charge >= 0.3 is 5.97 Å². The zero-order valence-electron chi connectivity index (χ0n) is 20.7. The van der Waals surface area contributed by atoms with Crippen molar-refractivity contribution in [3.05, 3.63) is 40.8 Å². The van der Waals surface area contributed by atoms with Crippen LogP contribution in [-0.4, -0.2) is 63.5 Å². The first-order valence-electron chi connectivity index (χ1n) is 11.8. The molecule has 4 rings (SSSR count). The highest BCUT2D eigenvalue weighted by molar-refractivity contribution is 7.20. The van der Waals surface area contributed by atoms with Crippen LogP contribution >= 0.6 is 11.3 Å². The van der Waals surface area contributed by atoms with Crippen LogP contribution in [0.4, 0.5) is 15.9 Å². The number of carboxylic acids is 1. The van der Waals surface area contributed by atoms with E-state index in [1.165, 1.54) is 25.4 Å². The first kappa shape index (κ1) is 26.7. The molecule has 0 bridgehead atoms. The van der Waals surface area contributed by atoms with E-state index in [0.29, 0.717) is 33.0 Å². The Kier molecular flexibility index (Phi) is 7.90. The molecule has 12 heteroatoms. The van der Waals surface area contributed by atoms with Crippen molar-refractivity contribution in [3.63, 3.8) is 0 Å². The minimum Gasteiger partial charge on any atom is -0.488 e. The lowest BCUT2D eigenvalue weighted by atomic mass is 9.95. The fraction of sp³-hybridized carbons (Fsp3) is 0.440. The first-order chi connectivity index (χ1) is 17.6. The third-order valence-corrected chi connectivity index (χ3v) is 7.75. The van der Waals surface area contributed by atoms with Crippen molar-refractivity contribution in [2.24, 2.45) is 0 Å². The van der Waals surface area contributed by atoms with Crippen molar-refractivity contribution in [2.75, 3.05) is 19.0 Å². The van der Waals surface area contributed by atoms with E-state index in [1.54, 1.807) is 20.1 Å². The molecule has 1 aliphatic rings. The van der Waals surface area contributed by atoms with E-state index in [0.717, 1.165) is 37.0 Å². The number of ether oxygens (including phenoxy) is 2. The highest BCUT2D eigenvalue weighted by Gasteiger charge is 2.35. The Labute approximate surface area is 216 Å². The lowest BCUT2D eigenvalue weighted by Gasteiger charge is -2.28. The molecule has 1 fully saturated rings. The number of hydrogen-bond donors (Lipinski definition) is 4. The van der Waals surface area contributed by atoms with E-state index in [2.05, 4.69) is 20.6 Å².